The van der Waals surface area contributed by atoms with E-state index >= 15 is 0 Å². The largest absolute Gasteiger partial charge is 0.378 e. The van der Waals surface area contributed by atoms with E-state index in [2.05, 4.69) is 17.8 Å². The van der Waals surface area contributed by atoms with Crippen LogP contribution in [0.3, 0.4) is 0 Å². The molecule has 1 amide bonds. The summed E-state index contributed by atoms with van der Waals surface area (Å²) in [5.74, 6) is -0.0688. The Bertz CT molecular complexity index is 513. The molecule has 0 aliphatic carbocycles. The third-order valence-electron chi connectivity index (χ3n) is 5.50. The van der Waals surface area contributed by atoms with Gasteiger partial charge in [-0.05, 0) is 30.7 Å². The number of unbranched alkanes of at least 4 members (excludes halogenated alkanes) is 13. The second-order valence-corrected chi connectivity index (χ2v) is 8.42. The first-order chi connectivity index (χ1) is 14.1. The summed E-state index contributed by atoms with van der Waals surface area (Å²) in [5.41, 5.74) is 7.62. The Balaban J connectivity index is 1.87. The van der Waals surface area contributed by atoms with Crippen molar-refractivity contribution < 1.29 is 4.79 Å². The molecule has 0 bridgehead atoms. The lowest BCUT2D eigenvalue weighted by molar-refractivity contribution is 0.0933. The molecule has 166 valence electrons. The van der Waals surface area contributed by atoms with Crippen molar-refractivity contribution >= 4 is 11.6 Å². The molecule has 0 aromatic heterocycles. The Labute approximate surface area is 179 Å². The van der Waals surface area contributed by atoms with Crippen LogP contribution in [-0.4, -0.2) is 26.5 Å². The summed E-state index contributed by atoms with van der Waals surface area (Å²) < 4.78 is 0. The SMILES string of the molecule is CCCCCCCCCCCCCCCCNNC(=O)c1ccc(N(C)C)cc1. The van der Waals surface area contributed by atoms with Gasteiger partial charge < -0.3 is 4.90 Å². The minimum atomic E-state index is -0.0688. The number of nitrogens with zero attached hydrogens (tertiary/aromatic N) is 1. The topological polar surface area (TPSA) is 44.4 Å². The van der Waals surface area contributed by atoms with E-state index in [4.69, 9.17) is 0 Å². The highest BCUT2D eigenvalue weighted by atomic mass is 16.2. The molecule has 0 aliphatic rings. The average Bonchev–Trinajstić information content (AvgIpc) is 2.73. The number of hydrogen-bond acceptors (Lipinski definition) is 3. The van der Waals surface area contributed by atoms with Gasteiger partial charge in [0, 0.05) is 31.9 Å². The lowest BCUT2D eigenvalue weighted by Crippen LogP contribution is -2.37. The van der Waals surface area contributed by atoms with E-state index in [1.165, 1.54) is 83.5 Å². The molecule has 2 N–H and O–H groups in total. The van der Waals surface area contributed by atoms with E-state index < -0.39 is 0 Å². The highest BCUT2D eigenvalue weighted by molar-refractivity contribution is 5.94. The fourth-order valence-electron chi connectivity index (χ4n) is 3.53. The van der Waals surface area contributed by atoms with Crippen LogP contribution in [0.2, 0.25) is 0 Å². The summed E-state index contributed by atoms with van der Waals surface area (Å²) in [6.07, 6.45) is 19.1. The molecule has 0 saturated carbocycles. The number of rotatable bonds is 18. The number of nitrogens with one attached hydrogen (secondary N) is 2. The quantitative estimate of drug-likeness (QED) is 0.218. The highest BCUT2D eigenvalue weighted by Gasteiger charge is 2.04. The lowest BCUT2D eigenvalue weighted by atomic mass is 10.0. The Kier molecular flexibility index (Phi) is 15.2. The van der Waals surface area contributed by atoms with Crippen LogP contribution in [0.5, 0.6) is 0 Å². The van der Waals surface area contributed by atoms with Gasteiger partial charge in [-0.25, -0.2) is 5.43 Å². The van der Waals surface area contributed by atoms with E-state index in [1.54, 1.807) is 0 Å². The second-order valence-electron chi connectivity index (χ2n) is 8.42. The maximum atomic E-state index is 12.1. The normalized spacial score (nSPS) is 10.9. The van der Waals surface area contributed by atoms with Crippen LogP contribution in [0.1, 0.15) is 107 Å². The van der Waals surface area contributed by atoms with Crippen molar-refractivity contribution in [2.45, 2.75) is 96.8 Å². The summed E-state index contributed by atoms with van der Waals surface area (Å²) >= 11 is 0. The van der Waals surface area contributed by atoms with Crippen LogP contribution < -0.4 is 15.8 Å². The number of carbonyl (C=O) groups excluding carboxylic acids is 1. The fourth-order valence-corrected chi connectivity index (χ4v) is 3.53. The number of amides is 1. The third kappa shape index (κ3) is 13.3. The zero-order valence-electron chi connectivity index (χ0n) is 19.3. The second kappa shape index (κ2) is 17.3. The Hall–Kier alpha value is -1.55. The predicted octanol–water partition coefficient (Wildman–Crippen LogP) is 6.47. The first-order valence-corrected chi connectivity index (χ1v) is 12.0. The minimum Gasteiger partial charge on any atom is -0.378 e. The Morgan fingerprint density at radius 2 is 1.17 bits per heavy atom. The summed E-state index contributed by atoms with van der Waals surface area (Å²) in [5, 5.41) is 0. The van der Waals surface area contributed by atoms with E-state index in [9.17, 15) is 4.79 Å². The van der Waals surface area contributed by atoms with Crippen molar-refractivity contribution in [1.29, 1.82) is 0 Å². The molecule has 0 atom stereocenters. The van der Waals surface area contributed by atoms with Crippen LogP contribution in [0.4, 0.5) is 5.69 Å². The van der Waals surface area contributed by atoms with Gasteiger partial charge in [0.2, 0.25) is 0 Å². The van der Waals surface area contributed by atoms with Crippen molar-refractivity contribution in [2.24, 2.45) is 0 Å². The molecule has 0 heterocycles. The highest BCUT2D eigenvalue weighted by Crippen LogP contribution is 2.13. The summed E-state index contributed by atoms with van der Waals surface area (Å²) in [7, 11) is 3.99. The molecule has 4 nitrogen and oxygen atoms in total. The molecule has 1 aromatic rings. The minimum absolute atomic E-state index is 0.0688. The molecule has 0 radical (unpaired) electrons. The molecule has 29 heavy (non-hydrogen) atoms. The zero-order chi connectivity index (χ0) is 21.2. The fraction of sp³-hybridized carbons (Fsp3) is 0.720. The number of hydrazine groups is 1. The maximum Gasteiger partial charge on any atom is 0.265 e. The molecule has 0 unspecified atom stereocenters. The van der Waals surface area contributed by atoms with Crippen molar-refractivity contribution in [1.82, 2.24) is 10.9 Å². The van der Waals surface area contributed by atoms with Gasteiger partial charge in [0.15, 0.2) is 0 Å². The smallest absolute Gasteiger partial charge is 0.265 e. The first kappa shape index (κ1) is 25.5. The average molecular weight is 404 g/mol. The third-order valence-corrected chi connectivity index (χ3v) is 5.50. The van der Waals surface area contributed by atoms with Gasteiger partial charge in [0.05, 0.1) is 0 Å². The van der Waals surface area contributed by atoms with Gasteiger partial charge in [-0.3, -0.25) is 10.2 Å². The molecular weight excluding hydrogens is 358 g/mol. The van der Waals surface area contributed by atoms with Gasteiger partial charge >= 0.3 is 0 Å². The summed E-state index contributed by atoms with van der Waals surface area (Å²) in [4.78, 5) is 14.1. The summed E-state index contributed by atoms with van der Waals surface area (Å²) in [6.45, 7) is 3.11. The first-order valence-electron chi connectivity index (χ1n) is 12.0. The molecule has 1 rings (SSSR count). The van der Waals surface area contributed by atoms with E-state index in [0.29, 0.717) is 5.56 Å². The van der Waals surface area contributed by atoms with Crippen molar-refractivity contribution in [3.63, 3.8) is 0 Å². The number of anilines is 1. The summed E-state index contributed by atoms with van der Waals surface area (Å²) in [6, 6.07) is 7.64. The number of hydrogen-bond donors (Lipinski definition) is 2. The van der Waals surface area contributed by atoms with Crippen molar-refractivity contribution in [3.05, 3.63) is 29.8 Å². The van der Waals surface area contributed by atoms with Gasteiger partial charge in [-0.2, -0.15) is 0 Å². The van der Waals surface area contributed by atoms with E-state index in [-0.39, 0.29) is 5.91 Å². The molecular formula is C25H45N3O. The Morgan fingerprint density at radius 1 is 0.724 bits per heavy atom. The van der Waals surface area contributed by atoms with E-state index in [0.717, 1.165) is 18.7 Å². The van der Waals surface area contributed by atoms with Gasteiger partial charge in [0.1, 0.15) is 0 Å². The maximum absolute atomic E-state index is 12.1. The Morgan fingerprint density at radius 3 is 1.62 bits per heavy atom. The zero-order valence-corrected chi connectivity index (χ0v) is 19.3. The monoisotopic (exact) mass is 403 g/mol. The van der Waals surface area contributed by atoms with Crippen LogP contribution in [-0.2, 0) is 0 Å². The van der Waals surface area contributed by atoms with Crippen LogP contribution >= 0.6 is 0 Å². The molecule has 0 spiro atoms. The van der Waals surface area contributed by atoms with Crippen LogP contribution in [0.25, 0.3) is 0 Å². The van der Waals surface area contributed by atoms with Gasteiger partial charge in [-0.1, -0.05) is 90.4 Å². The predicted molar refractivity (Wildman–Crippen MR) is 127 cm³/mol. The van der Waals surface area contributed by atoms with Crippen molar-refractivity contribution in [3.8, 4) is 0 Å². The molecule has 0 aliphatic heterocycles. The molecule has 1 aromatic carbocycles. The van der Waals surface area contributed by atoms with Gasteiger partial charge in [-0.15, -0.1) is 0 Å². The van der Waals surface area contributed by atoms with Crippen molar-refractivity contribution in [2.75, 3.05) is 25.5 Å². The molecule has 4 heteroatoms. The van der Waals surface area contributed by atoms with Gasteiger partial charge in [0.25, 0.3) is 5.91 Å². The molecule has 0 fully saturated rings. The van der Waals surface area contributed by atoms with E-state index in [1.807, 2.05) is 43.3 Å². The van der Waals surface area contributed by atoms with Crippen LogP contribution in [0, 0.1) is 0 Å². The lowest BCUT2D eigenvalue weighted by Gasteiger charge is -2.12. The number of benzene rings is 1. The standard InChI is InChI=1S/C25H45N3O/c1-4-5-6-7-8-9-10-11-12-13-14-15-16-17-22-26-27-25(29)23-18-20-24(21-19-23)28(2)3/h18-21,26H,4-17,22H2,1-3H3,(H,27,29). The number of carbonyl (C=O) groups is 1. The molecule has 0 saturated heterocycles. The van der Waals surface area contributed by atoms with Crippen LogP contribution in [0.15, 0.2) is 24.3 Å².